The smallest absolute Gasteiger partial charge is 0.126 e. The van der Waals surface area contributed by atoms with Crippen molar-refractivity contribution in [1.82, 2.24) is 9.80 Å². The van der Waals surface area contributed by atoms with Crippen LogP contribution in [0.4, 0.5) is 4.39 Å². The summed E-state index contributed by atoms with van der Waals surface area (Å²) in [6.07, 6.45) is 8.71. The molecule has 142 valence electrons. The van der Waals surface area contributed by atoms with Crippen molar-refractivity contribution >= 4 is 0 Å². The first kappa shape index (κ1) is 19.6. The standard InChI is InChI=1S/C24H29FN2/c1-3-20-10-12-21(13-11-20)17-26(2)18-22-7-6-15-27(19-22)16-14-23-8-4-5-9-24(23)25/h1,4-5,8-13,22H,6-7,14-19H2,2H3. The van der Waals surface area contributed by atoms with Crippen molar-refractivity contribution in [2.75, 3.05) is 33.2 Å². The van der Waals surface area contributed by atoms with Gasteiger partial charge in [0.05, 0.1) is 0 Å². The van der Waals surface area contributed by atoms with Crippen LogP contribution in [0.1, 0.15) is 29.5 Å². The molecule has 1 atom stereocenters. The summed E-state index contributed by atoms with van der Waals surface area (Å²) in [5.41, 5.74) is 3.05. The van der Waals surface area contributed by atoms with E-state index >= 15 is 0 Å². The van der Waals surface area contributed by atoms with Crippen molar-refractivity contribution < 1.29 is 4.39 Å². The Balaban J connectivity index is 1.46. The van der Waals surface area contributed by atoms with E-state index in [0.29, 0.717) is 5.92 Å². The summed E-state index contributed by atoms with van der Waals surface area (Å²) < 4.78 is 13.8. The Morgan fingerprint density at radius 1 is 1.19 bits per heavy atom. The van der Waals surface area contributed by atoms with Crippen LogP contribution in [0, 0.1) is 24.1 Å². The number of likely N-dealkylation sites (tertiary alicyclic amines) is 1. The minimum absolute atomic E-state index is 0.0818. The first-order chi connectivity index (χ1) is 13.1. The van der Waals surface area contributed by atoms with E-state index < -0.39 is 0 Å². The second-order valence-corrected chi connectivity index (χ2v) is 7.69. The highest BCUT2D eigenvalue weighted by atomic mass is 19.1. The van der Waals surface area contributed by atoms with Gasteiger partial charge in [0.1, 0.15) is 5.82 Å². The van der Waals surface area contributed by atoms with Crippen LogP contribution in [0.3, 0.4) is 0 Å². The molecule has 1 saturated heterocycles. The third-order valence-electron chi connectivity index (χ3n) is 5.40. The topological polar surface area (TPSA) is 6.48 Å². The van der Waals surface area contributed by atoms with Gasteiger partial charge >= 0.3 is 0 Å². The summed E-state index contributed by atoms with van der Waals surface area (Å²) in [7, 11) is 2.19. The fourth-order valence-electron chi connectivity index (χ4n) is 4.01. The van der Waals surface area contributed by atoms with Gasteiger partial charge in [0.15, 0.2) is 0 Å². The van der Waals surface area contributed by atoms with Crippen LogP contribution in [-0.2, 0) is 13.0 Å². The van der Waals surface area contributed by atoms with E-state index in [0.717, 1.165) is 50.3 Å². The third-order valence-corrected chi connectivity index (χ3v) is 5.40. The molecule has 1 heterocycles. The molecule has 2 aromatic carbocycles. The van der Waals surface area contributed by atoms with E-state index in [9.17, 15) is 4.39 Å². The minimum Gasteiger partial charge on any atom is -0.303 e. The molecule has 1 unspecified atom stereocenters. The quantitative estimate of drug-likeness (QED) is 0.680. The lowest BCUT2D eigenvalue weighted by Crippen LogP contribution is -2.40. The zero-order chi connectivity index (χ0) is 19.1. The molecule has 1 fully saturated rings. The van der Waals surface area contributed by atoms with Gasteiger partial charge in [0, 0.05) is 31.7 Å². The number of terminal acetylenes is 1. The van der Waals surface area contributed by atoms with Gasteiger partial charge in [-0.25, -0.2) is 4.39 Å². The summed E-state index contributed by atoms with van der Waals surface area (Å²) >= 11 is 0. The zero-order valence-corrected chi connectivity index (χ0v) is 16.2. The lowest BCUT2D eigenvalue weighted by molar-refractivity contribution is 0.142. The Hall–Kier alpha value is -2.15. The van der Waals surface area contributed by atoms with Crippen molar-refractivity contribution in [2.24, 2.45) is 5.92 Å². The van der Waals surface area contributed by atoms with E-state index in [1.165, 1.54) is 18.4 Å². The van der Waals surface area contributed by atoms with Gasteiger partial charge in [-0.1, -0.05) is 36.3 Å². The summed E-state index contributed by atoms with van der Waals surface area (Å²) in [5, 5.41) is 0. The van der Waals surface area contributed by atoms with Crippen molar-refractivity contribution in [3.8, 4) is 12.3 Å². The van der Waals surface area contributed by atoms with Crippen LogP contribution in [0.25, 0.3) is 0 Å². The van der Waals surface area contributed by atoms with Crippen LogP contribution in [0.2, 0.25) is 0 Å². The molecule has 0 aliphatic carbocycles. The van der Waals surface area contributed by atoms with Gasteiger partial charge in [-0.2, -0.15) is 0 Å². The van der Waals surface area contributed by atoms with Gasteiger partial charge < -0.3 is 9.80 Å². The van der Waals surface area contributed by atoms with Gasteiger partial charge in [-0.3, -0.25) is 0 Å². The first-order valence-electron chi connectivity index (χ1n) is 9.84. The fraction of sp³-hybridized carbons (Fsp3) is 0.417. The molecule has 0 saturated carbocycles. The molecule has 0 spiro atoms. The molecule has 1 aliphatic rings. The maximum Gasteiger partial charge on any atom is 0.126 e. The lowest BCUT2D eigenvalue weighted by Gasteiger charge is -2.34. The molecule has 27 heavy (non-hydrogen) atoms. The van der Waals surface area contributed by atoms with Crippen LogP contribution in [-0.4, -0.2) is 43.0 Å². The van der Waals surface area contributed by atoms with E-state index in [4.69, 9.17) is 6.42 Å². The van der Waals surface area contributed by atoms with Gasteiger partial charge in [0.25, 0.3) is 0 Å². The monoisotopic (exact) mass is 364 g/mol. The Kier molecular flexibility index (Phi) is 7.04. The van der Waals surface area contributed by atoms with Crippen LogP contribution >= 0.6 is 0 Å². The van der Waals surface area contributed by atoms with Crippen LogP contribution < -0.4 is 0 Å². The van der Waals surface area contributed by atoms with Crippen molar-refractivity contribution in [2.45, 2.75) is 25.8 Å². The Labute approximate surface area is 163 Å². The molecule has 0 aromatic heterocycles. The summed E-state index contributed by atoms with van der Waals surface area (Å²) in [6, 6.07) is 15.4. The molecule has 0 N–H and O–H groups in total. The highest BCUT2D eigenvalue weighted by Crippen LogP contribution is 2.19. The predicted octanol–water partition coefficient (Wildman–Crippen LogP) is 4.19. The molecule has 2 nitrogen and oxygen atoms in total. The molecule has 0 radical (unpaired) electrons. The number of benzene rings is 2. The van der Waals surface area contributed by atoms with Gasteiger partial charge in [-0.15, -0.1) is 6.42 Å². The first-order valence-corrected chi connectivity index (χ1v) is 9.84. The summed E-state index contributed by atoms with van der Waals surface area (Å²) in [5.74, 6) is 3.26. The minimum atomic E-state index is -0.0818. The van der Waals surface area contributed by atoms with E-state index in [-0.39, 0.29) is 5.82 Å². The number of nitrogens with zero attached hydrogens (tertiary/aromatic N) is 2. The van der Waals surface area contributed by atoms with Crippen molar-refractivity contribution in [3.63, 3.8) is 0 Å². The summed E-state index contributed by atoms with van der Waals surface area (Å²) in [6.45, 7) is 5.20. The second-order valence-electron chi connectivity index (χ2n) is 7.69. The number of hydrogen-bond donors (Lipinski definition) is 0. The average molecular weight is 365 g/mol. The van der Waals surface area contributed by atoms with Crippen LogP contribution in [0.15, 0.2) is 48.5 Å². The highest BCUT2D eigenvalue weighted by molar-refractivity contribution is 5.34. The maximum atomic E-state index is 13.8. The Bertz CT molecular complexity index is 763. The number of rotatable bonds is 7. The largest absolute Gasteiger partial charge is 0.303 e. The highest BCUT2D eigenvalue weighted by Gasteiger charge is 2.21. The summed E-state index contributed by atoms with van der Waals surface area (Å²) in [4.78, 5) is 4.89. The van der Waals surface area contributed by atoms with E-state index in [1.54, 1.807) is 12.1 Å². The molecule has 1 aliphatic heterocycles. The molecule has 3 rings (SSSR count). The van der Waals surface area contributed by atoms with Crippen molar-refractivity contribution in [1.29, 1.82) is 0 Å². The molecule has 0 amide bonds. The van der Waals surface area contributed by atoms with Gasteiger partial charge in [-0.05, 0) is 68.1 Å². The molecular weight excluding hydrogens is 335 g/mol. The Morgan fingerprint density at radius 3 is 2.70 bits per heavy atom. The van der Waals surface area contributed by atoms with Crippen LogP contribution in [0.5, 0.6) is 0 Å². The maximum absolute atomic E-state index is 13.8. The molecule has 0 bridgehead atoms. The zero-order valence-electron chi connectivity index (χ0n) is 16.2. The third kappa shape index (κ3) is 5.92. The number of piperidine rings is 1. The normalized spacial score (nSPS) is 17.8. The van der Waals surface area contributed by atoms with E-state index in [2.05, 4.69) is 34.9 Å². The number of hydrogen-bond acceptors (Lipinski definition) is 2. The molecule has 3 heteroatoms. The Morgan fingerprint density at radius 2 is 1.96 bits per heavy atom. The SMILES string of the molecule is C#Cc1ccc(CN(C)CC2CCCN(CCc3ccccc3F)C2)cc1. The molecule has 2 aromatic rings. The van der Waals surface area contributed by atoms with Gasteiger partial charge in [0.2, 0.25) is 0 Å². The van der Waals surface area contributed by atoms with Crippen molar-refractivity contribution in [3.05, 3.63) is 71.0 Å². The second kappa shape index (κ2) is 9.69. The predicted molar refractivity (Wildman–Crippen MR) is 110 cm³/mol. The van der Waals surface area contributed by atoms with E-state index in [1.807, 2.05) is 24.3 Å². The average Bonchev–Trinajstić information content (AvgIpc) is 2.68. The lowest BCUT2D eigenvalue weighted by atomic mass is 9.97. The number of halogens is 1. The molecular formula is C24H29FN2. The fourth-order valence-corrected chi connectivity index (χ4v) is 4.01.